The number of nitriles is 1. The fraction of sp³-hybridized carbons (Fsp3) is 0.115. The third-order valence-corrected chi connectivity index (χ3v) is 5.53. The average Bonchev–Trinajstić information content (AvgIpc) is 2.90. The van der Waals surface area contributed by atoms with Gasteiger partial charge in [0.05, 0.1) is 39.9 Å². The lowest BCUT2D eigenvalue weighted by Crippen LogP contribution is -2.14. The number of nitro groups is 1. The molecule has 3 aromatic rings. The highest BCUT2D eigenvalue weighted by Crippen LogP contribution is 2.38. The van der Waals surface area contributed by atoms with Gasteiger partial charge in [-0.3, -0.25) is 14.9 Å². The predicted octanol–water partition coefficient (Wildman–Crippen LogP) is 6.07. The summed E-state index contributed by atoms with van der Waals surface area (Å²) in [6, 6.07) is 14.4. The van der Waals surface area contributed by atoms with Crippen molar-refractivity contribution < 1.29 is 28.7 Å². The molecule has 1 N–H and O–H groups in total. The van der Waals surface area contributed by atoms with E-state index >= 15 is 0 Å². The molecule has 194 valence electrons. The molecule has 38 heavy (non-hydrogen) atoms. The van der Waals surface area contributed by atoms with Gasteiger partial charge in [0.2, 0.25) is 0 Å². The van der Waals surface area contributed by atoms with Crippen LogP contribution in [0.1, 0.15) is 22.8 Å². The maximum atomic E-state index is 12.7. The molecule has 0 spiro atoms. The van der Waals surface area contributed by atoms with Gasteiger partial charge in [0.1, 0.15) is 17.4 Å². The smallest absolute Gasteiger partial charge is 0.343 e. The van der Waals surface area contributed by atoms with E-state index in [2.05, 4.69) is 5.32 Å². The van der Waals surface area contributed by atoms with Crippen LogP contribution in [0, 0.1) is 21.4 Å². The Morgan fingerprint density at radius 2 is 1.82 bits per heavy atom. The number of ether oxygens (including phenoxy) is 3. The van der Waals surface area contributed by atoms with E-state index in [9.17, 15) is 25.0 Å². The number of rotatable bonds is 9. The van der Waals surface area contributed by atoms with E-state index in [1.807, 2.05) is 0 Å². The molecule has 0 unspecified atom stereocenters. The first-order valence-corrected chi connectivity index (χ1v) is 11.6. The zero-order chi connectivity index (χ0) is 27.8. The van der Waals surface area contributed by atoms with Gasteiger partial charge in [-0.15, -0.1) is 0 Å². The topological polar surface area (TPSA) is 141 Å². The number of benzene rings is 3. The Hall–Kier alpha value is -4.59. The highest BCUT2D eigenvalue weighted by atomic mass is 35.5. The van der Waals surface area contributed by atoms with Crippen molar-refractivity contribution in [1.29, 1.82) is 5.26 Å². The molecule has 0 saturated carbocycles. The van der Waals surface area contributed by atoms with Crippen LogP contribution in [-0.4, -0.2) is 30.5 Å². The fourth-order valence-corrected chi connectivity index (χ4v) is 3.62. The second kappa shape index (κ2) is 12.6. The third-order valence-electron chi connectivity index (χ3n) is 4.94. The fourth-order valence-electron chi connectivity index (χ4n) is 3.14. The predicted molar refractivity (Wildman–Crippen MR) is 141 cm³/mol. The number of nitrogens with one attached hydrogen (secondary N) is 1. The van der Waals surface area contributed by atoms with Gasteiger partial charge in [-0.25, -0.2) is 4.79 Å². The van der Waals surface area contributed by atoms with E-state index in [4.69, 9.17) is 37.4 Å². The zero-order valence-corrected chi connectivity index (χ0v) is 21.5. The van der Waals surface area contributed by atoms with E-state index < -0.39 is 16.8 Å². The van der Waals surface area contributed by atoms with Crippen LogP contribution in [0.5, 0.6) is 17.2 Å². The summed E-state index contributed by atoms with van der Waals surface area (Å²) in [6.07, 6.45) is 1.25. The first-order valence-electron chi connectivity index (χ1n) is 10.9. The van der Waals surface area contributed by atoms with Crippen LogP contribution in [0.2, 0.25) is 10.0 Å². The molecule has 0 bridgehead atoms. The zero-order valence-electron chi connectivity index (χ0n) is 20.0. The average molecular weight is 556 g/mol. The summed E-state index contributed by atoms with van der Waals surface area (Å²) >= 11 is 12.4. The first-order chi connectivity index (χ1) is 18.2. The van der Waals surface area contributed by atoms with Gasteiger partial charge in [-0.1, -0.05) is 23.2 Å². The van der Waals surface area contributed by atoms with Crippen LogP contribution in [-0.2, 0) is 4.79 Å². The van der Waals surface area contributed by atoms with Crippen molar-refractivity contribution in [3.05, 3.63) is 91.5 Å². The van der Waals surface area contributed by atoms with Crippen molar-refractivity contribution in [2.45, 2.75) is 6.92 Å². The number of non-ortho nitro benzene ring substituents is 1. The van der Waals surface area contributed by atoms with Gasteiger partial charge in [-0.05, 0) is 61.0 Å². The molecule has 3 aromatic carbocycles. The van der Waals surface area contributed by atoms with E-state index in [1.54, 1.807) is 25.1 Å². The second-order valence-corrected chi connectivity index (χ2v) is 8.24. The lowest BCUT2D eigenvalue weighted by molar-refractivity contribution is -0.384. The largest absolute Gasteiger partial charge is 0.497 e. The van der Waals surface area contributed by atoms with E-state index in [-0.39, 0.29) is 50.7 Å². The number of methoxy groups -OCH3 is 1. The molecule has 0 aliphatic rings. The number of anilines is 1. The normalized spacial score (nSPS) is 10.8. The summed E-state index contributed by atoms with van der Waals surface area (Å²) in [6.45, 7) is 1.93. The standard InChI is InChI=1S/C26H19Cl2N3O7/c1-3-37-23-12-15(11-21(28)24(23)38-26(33)16-4-7-19(36-2)8-5-16)10-17(14-29)25(32)30-22-9-6-18(31(34)35)13-20(22)27/h4-13H,3H2,1-2H3,(H,30,32). The van der Waals surface area contributed by atoms with Crippen molar-refractivity contribution in [3.8, 4) is 23.3 Å². The molecule has 0 fully saturated rings. The summed E-state index contributed by atoms with van der Waals surface area (Å²) < 4.78 is 16.1. The van der Waals surface area contributed by atoms with Crippen molar-refractivity contribution in [1.82, 2.24) is 0 Å². The minimum atomic E-state index is -0.813. The highest BCUT2D eigenvalue weighted by molar-refractivity contribution is 6.34. The van der Waals surface area contributed by atoms with Gasteiger partial charge in [0, 0.05) is 12.1 Å². The summed E-state index contributed by atoms with van der Waals surface area (Å²) in [4.78, 5) is 35.6. The first kappa shape index (κ1) is 28.0. The second-order valence-electron chi connectivity index (χ2n) is 7.43. The number of esters is 1. The number of nitro benzene ring substituents is 1. The summed E-state index contributed by atoms with van der Waals surface area (Å²) in [5.74, 6) is -0.849. The number of amides is 1. The van der Waals surface area contributed by atoms with Crippen LogP contribution >= 0.6 is 23.2 Å². The van der Waals surface area contributed by atoms with E-state index in [0.29, 0.717) is 11.3 Å². The van der Waals surface area contributed by atoms with Gasteiger partial charge in [-0.2, -0.15) is 5.26 Å². The minimum Gasteiger partial charge on any atom is -0.497 e. The van der Waals surface area contributed by atoms with Crippen molar-refractivity contribution in [3.63, 3.8) is 0 Å². The van der Waals surface area contributed by atoms with Crippen LogP contribution in [0.25, 0.3) is 6.08 Å². The van der Waals surface area contributed by atoms with Gasteiger partial charge >= 0.3 is 5.97 Å². The molecule has 12 heteroatoms. The highest BCUT2D eigenvalue weighted by Gasteiger charge is 2.19. The molecule has 10 nitrogen and oxygen atoms in total. The Labute approximate surface area is 227 Å². The van der Waals surface area contributed by atoms with Gasteiger partial charge < -0.3 is 19.5 Å². The Kier molecular flexibility index (Phi) is 9.27. The molecular weight excluding hydrogens is 537 g/mol. The molecule has 0 saturated heterocycles. The molecule has 0 atom stereocenters. The Balaban J connectivity index is 1.87. The number of carbonyl (C=O) groups excluding carboxylic acids is 2. The SMILES string of the molecule is CCOc1cc(C=C(C#N)C(=O)Nc2ccc([N+](=O)[O-])cc2Cl)cc(Cl)c1OC(=O)c1ccc(OC)cc1. The minimum absolute atomic E-state index is 0.000160. The Bertz CT molecular complexity index is 1460. The maximum absolute atomic E-state index is 12.7. The molecule has 0 heterocycles. The molecule has 0 aliphatic heterocycles. The maximum Gasteiger partial charge on any atom is 0.343 e. The van der Waals surface area contributed by atoms with E-state index in [1.165, 1.54) is 43.5 Å². The lowest BCUT2D eigenvalue weighted by atomic mass is 10.1. The number of nitrogens with zero attached hydrogens (tertiary/aromatic N) is 2. The quantitative estimate of drug-likeness (QED) is 0.0836. The molecule has 1 amide bonds. The van der Waals surface area contributed by atoms with Gasteiger partial charge in [0.25, 0.3) is 11.6 Å². The summed E-state index contributed by atoms with van der Waals surface area (Å²) in [5, 5.41) is 22.8. The number of hydrogen-bond donors (Lipinski definition) is 1. The number of carbonyl (C=O) groups is 2. The number of hydrogen-bond acceptors (Lipinski definition) is 8. The third kappa shape index (κ3) is 6.79. The van der Waals surface area contributed by atoms with E-state index in [0.717, 1.165) is 12.1 Å². The van der Waals surface area contributed by atoms with Gasteiger partial charge in [0.15, 0.2) is 11.5 Å². The molecule has 0 aromatic heterocycles. The number of halogens is 2. The monoisotopic (exact) mass is 555 g/mol. The molecule has 0 radical (unpaired) electrons. The summed E-state index contributed by atoms with van der Waals surface area (Å²) in [7, 11) is 1.50. The van der Waals surface area contributed by atoms with Crippen molar-refractivity contribution in [2.75, 3.05) is 19.0 Å². The molecule has 3 rings (SSSR count). The summed E-state index contributed by atoms with van der Waals surface area (Å²) in [5.41, 5.74) is 0.0684. The molecule has 0 aliphatic carbocycles. The van der Waals surface area contributed by atoms with Crippen molar-refractivity contribution in [2.24, 2.45) is 0 Å². The van der Waals surface area contributed by atoms with Crippen LogP contribution in [0.15, 0.2) is 60.2 Å². The van der Waals surface area contributed by atoms with Crippen LogP contribution < -0.4 is 19.5 Å². The Morgan fingerprint density at radius 1 is 1.11 bits per heavy atom. The van der Waals surface area contributed by atoms with Crippen molar-refractivity contribution >= 4 is 52.5 Å². The van der Waals surface area contributed by atoms with Crippen LogP contribution in [0.4, 0.5) is 11.4 Å². The molecular formula is C26H19Cl2N3O7. The lowest BCUT2D eigenvalue weighted by Gasteiger charge is -2.14. The Morgan fingerprint density at radius 3 is 2.39 bits per heavy atom. The van der Waals surface area contributed by atoms with Crippen LogP contribution in [0.3, 0.4) is 0 Å².